The van der Waals surface area contributed by atoms with Gasteiger partial charge >= 0.3 is 7.12 Å². The molecule has 0 unspecified atom stereocenters. The lowest BCUT2D eigenvalue weighted by atomic mass is 9.76. The van der Waals surface area contributed by atoms with Crippen molar-refractivity contribution in [3.8, 4) is 6.07 Å². The summed E-state index contributed by atoms with van der Waals surface area (Å²) in [6, 6.07) is 7.86. The molecule has 0 saturated carbocycles. The van der Waals surface area contributed by atoms with E-state index in [1.165, 1.54) is 0 Å². The number of nitriles is 1. The fourth-order valence-corrected chi connectivity index (χ4v) is 2.51. The second kappa shape index (κ2) is 6.49. The number of hydrogen-bond acceptors (Lipinski definition) is 4. The van der Waals surface area contributed by atoms with Gasteiger partial charge in [0.05, 0.1) is 22.8 Å². The van der Waals surface area contributed by atoms with Gasteiger partial charge in [-0.15, -0.1) is 0 Å². The highest BCUT2D eigenvalue weighted by molar-refractivity contribution is 6.55. The van der Waals surface area contributed by atoms with E-state index in [4.69, 9.17) is 14.6 Å². The lowest BCUT2D eigenvalue weighted by molar-refractivity contribution is 0.00578. The first-order valence-electron chi connectivity index (χ1n) is 7.91. The molecule has 0 aliphatic carbocycles. The summed E-state index contributed by atoms with van der Waals surface area (Å²) in [5, 5.41) is 12.2. The van der Waals surface area contributed by atoms with Crippen molar-refractivity contribution in [2.45, 2.75) is 45.8 Å². The molecule has 0 bridgehead atoms. The number of benzene rings is 1. The molecule has 1 aromatic carbocycles. The molecule has 5 heteroatoms. The number of nitrogens with zero attached hydrogens (tertiary/aromatic N) is 1. The number of aryl methyl sites for hydroxylation is 1. The van der Waals surface area contributed by atoms with E-state index in [1.54, 1.807) is 0 Å². The smallest absolute Gasteiger partial charge is 0.400 e. The van der Waals surface area contributed by atoms with Crippen molar-refractivity contribution in [3.63, 3.8) is 0 Å². The molecule has 1 aromatic rings. The zero-order valence-corrected chi connectivity index (χ0v) is 14.9. The summed E-state index contributed by atoms with van der Waals surface area (Å²) in [5.74, 6) is 0. The lowest BCUT2D eigenvalue weighted by Gasteiger charge is -2.32. The molecule has 4 nitrogen and oxygen atoms in total. The van der Waals surface area contributed by atoms with Crippen LogP contribution < -0.4 is 5.32 Å². The molecule has 0 aromatic heterocycles. The largest absolute Gasteiger partial charge is 0.491 e. The summed E-state index contributed by atoms with van der Waals surface area (Å²) < 4.78 is 12.3. The van der Waals surface area contributed by atoms with Gasteiger partial charge in [0.2, 0.25) is 0 Å². The van der Waals surface area contributed by atoms with Crippen molar-refractivity contribution in [1.29, 1.82) is 5.26 Å². The maximum atomic E-state index is 8.99. The molecule has 122 valence electrons. The highest BCUT2D eigenvalue weighted by atomic mass is 16.7. The van der Waals surface area contributed by atoms with Crippen LogP contribution in [0.4, 0.5) is 0 Å². The van der Waals surface area contributed by atoms with Crippen LogP contribution in [-0.4, -0.2) is 31.9 Å². The minimum absolute atomic E-state index is 0.357. The van der Waals surface area contributed by atoms with E-state index >= 15 is 0 Å². The van der Waals surface area contributed by atoms with E-state index in [-0.39, 0.29) is 18.3 Å². The molecule has 1 fully saturated rings. The molecule has 0 amide bonds. The van der Waals surface area contributed by atoms with Gasteiger partial charge in [-0.25, -0.2) is 0 Å². The fourth-order valence-electron chi connectivity index (χ4n) is 2.51. The van der Waals surface area contributed by atoms with E-state index in [0.717, 1.165) is 16.6 Å². The quantitative estimate of drug-likeness (QED) is 0.868. The molecule has 1 aliphatic rings. The van der Waals surface area contributed by atoms with E-state index in [2.05, 4.69) is 45.2 Å². The fraction of sp³-hybridized carbons (Fsp3) is 0.500. The Morgan fingerprint density at radius 2 is 1.87 bits per heavy atom. The Kier molecular flexibility index (Phi) is 5.00. The number of likely N-dealkylation sites (N-methyl/N-ethyl adjacent to an activating group) is 1. The summed E-state index contributed by atoms with van der Waals surface area (Å²) >= 11 is 0. The van der Waals surface area contributed by atoms with E-state index < -0.39 is 0 Å². The highest BCUT2D eigenvalue weighted by Crippen LogP contribution is 2.38. The first kappa shape index (κ1) is 17.7. The standard InChI is InChI=1S/C18H25BN2O2/c1-13-9-14(11-20)7-8-15(13)10-16(12-21-6)19-22-17(2,3)18(4,5)23-19/h7-10,21H,12H2,1-6H3. The van der Waals surface area contributed by atoms with Crippen molar-refractivity contribution >= 4 is 13.2 Å². The predicted octanol–water partition coefficient (Wildman–Crippen LogP) is 3.10. The number of hydrogen-bond donors (Lipinski definition) is 1. The number of rotatable bonds is 4. The molecular formula is C18H25BN2O2. The summed E-state index contributed by atoms with van der Waals surface area (Å²) in [6.45, 7) is 10.9. The van der Waals surface area contributed by atoms with Gasteiger partial charge in [-0.1, -0.05) is 12.1 Å². The van der Waals surface area contributed by atoms with Crippen molar-refractivity contribution in [2.75, 3.05) is 13.6 Å². The molecular weight excluding hydrogens is 287 g/mol. The lowest BCUT2D eigenvalue weighted by Crippen LogP contribution is -2.41. The second-order valence-corrected chi connectivity index (χ2v) is 7.02. The first-order chi connectivity index (χ1) is 10.7. The molecule has 1 N–H and O–H groups in total. The zero-order chi connectivity index (χ0) is 17.3. The van der Waals surface area contributed by atoms with Crippen LogP contribution in [0.3, 0.4) is 0 Å². The molecule has 0 atom stereocenters. The van der Waals surface area contributed by atoms with Crippen LogP contribution in [0.15, 0.2) is 23.7 Å². The van der Waals surface area contributed by atoms with Crippen LogP contribution in [0, 0.1) is 18.3 Å². The van der Waals surface area contributed by atoms with Crippen LogP contribution in [0.25, 0.3) is 6.08 Å². The van der Waals surface area contributed by atoms with Gasteiger partial charge in [-0.2, -0.15) is 5.26 Å². The highest BCUT2D eigenvalue weighted by Gasteiger charge is 2.52. The van der Waals surface area contributed by atoms with Crippen LogP contribution in [0.2, 0.25) is 0 Å². The Balaban J connectivity index is 2.35. The third-order valence-electron chi connectivity index (χ3n) is 4.68. The van der Waals surface area contributed by atoms with Crippen molar-refractivity contribution in [3.05, 3.63) is 40.4 Å². The van der Waals surface area contributed by atoms with Crippen LogP contribution >= 0.6 is 0 Å². The molecule has 1 aliphatic heterocycles. The van der Waals surface area contributed by atoms with E-state index in [0.29, 0.717) is 12.1 Å². The second-order valence-electron chi connectivity index (χ2n) is 7.02. The van der Waals surface area contributed by atoms with Gasteiger partial charge < -0.3 is 14.6 Å². The van der Waals surface area contributed by atoms with Gasteiger partial charge in [0.25, 0.3) is 0 Å². The number of nitrogens with one attached hydrogen (secondary N) is 1. The van der Waals surface area contributed by atoms with Gasteiger partial charge in [0.1, 0.15) is 0 Å². The SMILES string of the molecule is CNCC(=Cc1ccc(C#N)cc1C)B1OC(C)(C)C(C)(C)O1. The van der Waals surface area contributed by atoms with Crippen LogP contribution in [-0.2, 0) is 9.31 Å². The molecule has 2 rings (SSSR count). The average Bonchev–Trinajstić information content (AvgIpc) is 2.68. The van der Waals surface area contributed by atoms with Gasteiger partial charge in [0, 0.05) is 6.54 Å². The predicted molar refractivity (Wildman–Crippen MR) is 93.9 cm³/mol. The Labute approximate surface area is 139 Å². The van der Waals surface area contributed by atoms with Crippen molar-refractivity contribution in [1.82, 2.24) is 5.32 Å². The average molecular weight is 312 g/mol. The van der Waals surface area contributed by atoms with Gasteiger partial charge in [-0.05, 0) is 70.4 Å². The van der Waals surface area contributed by atoms with Crippen molar-refractivity contribution in [2.24, 2.45) is 0 Å². The van der Waals surface area contributed by atoms with E-state index in [9.17, 15) is 0 Å². The Morgan fingerprint density at radius 1 is 1.26 bits per heavy atom. The molecule has 0 spiro atoms. The van der Waals surface area contributed by atoms with Gasteiger partial charge in [-0.3, -0.25) is 0 Å². The van der Waals surface area contributed by atoms with Gasteiger partial charge in [0.15, 0.2) is 0 Å². The maximum absolute atomic E-state index is 8.99. The summed E-state index contributed by atoms with van der Waals surface area (Å²) in [4.78, 5) is 0. The third kappa shape index (κ3) is 3.66. The first-order valence-corrected chi connectivity index (χ1v) is 7.91. The summed E-state index contributed by atoms with van der Waals surface area (Å²) in [7, 11) is 1.53. The van der Waals surface area contributed by atoms with Crippen LogP contribution in [0.5, 0.6) is 0 Å². The van der Waals surface area contributed by atoms with Crippen LogP contribution in [0.1, 0.15) is 44.4 Å². The Hall–Kier alpha value is -1.61. The van der Waals surface area contributed by atoms with Crippen molar-refractivity contribution < 1.29 is 9.31 Å². The monoisotopic (exact) mass is 312 g/mol. The van der Waals surface area contributed by atoms with E-state index in [1.807, 2.05) is 32.2 Å². The maximum Gasteiger partial charge on any atom is 0.491 e. The Morgan fingerprint density at radius 3 is 2.35 bits per heavy atom. The summed E-state index contributed by atoms with van der Waals surface area (Å²) in [6.07, 6.45) is 2.09. The molecule has 0 radical (unpaired) electrons. The minimum atomic E-state index is -0.373. The molecule has 1 heterocycles. The molecule has 1 saturated heterocycles. The Bertz CT molecular complexity index is 643. The minimum Gasteiger partial charge on any atom is -0.400 e. The molecule has 23 heavy (non-hydrogen) atoms. The normalized spacial score (nSPS) is 19.7. The topological polar surface area (TPSA) is 54.3 Å². The summed E-state index contributed by atoms with van der Waals surface area (Å²) in [5.41, 5.74) is 3.14. The third-order valence-corrected chi connectivity index (χ3v) is 4.68. The zero-order valence-electron chi connectivity index (χ0n) is 14.9.